The number of aromatic carboxylic acids is 1. The molecule has 0 atom stereocenters. The Bertz CT molecular complexity index is 361. The lowest BCUT2D eigenvalue weighted by Gasteiger charge is -2.22. The van der Waals surface area contributed by atoms with Gasteiger partial charge < -0.3 is 10.4 Å². The van der Waals surface area contributed by atoms with Crippen molar-refractivity contribution in [1.82, 2.24) is 5.32 Å². The predicted molar refractivity (Wildman–Crippen MR) is 70.6 cm³/mol. The minimum Gasteiger partial charge on any atom is -0.477 e. The molecule has 16 heavy (non-hydrogen) atoms. The predicted octanol–water partition coefficient (Wildman–Crippen LogP) is 2.68. The molecule has 0 fully saturated rings. The van der Waals surface area contributed by atoms with E-state index >= 15 is 0 Å². The molecule has 1 rings (SSSR count). The van der Waals surface area contributed by atoms with Crippen molar-refractivity contribution < 1.29 is 9.90 Å². The molecule has 0 saturated carbocycles. The van der Waals surface area contributed by atoms with Crippen molar-refractivity contribution in [3.8, 4) is 0 Å². The van der Waals surface area contributed by atoms with E-state index in [0.29, 0.717) is 11.4 Å². The molecule has 5 heteroatoms. The second-order valence-electron chi connectivity index (χ2n) is 4.15. The lowest BCUT2D eigenvalue weighted by atomic mass is 10.2. The monoisotopic (exact) mass is 259 g/mol. The first-order valence-corrected chi connectivity index (χ1v) is 7.12. The average molecular weight is 259 g/mol. The largest absolute Gasteiger partial charge is 0.477 e. The molecule has 3 nitrogen and oxygen atoms in total. The van der Waals surface area contributed by atoms with Crippen LogP contribution in [0.2, 0.25) is 0 Å². The maximum atomic E-state index is 10.9. The van der Waals surface area contributed by atoms with Crippen molar-refractivity contribution in [1.29, 1.82) is 0 Å². The van der Waals surface area contributed by atoms with Gasteiger partial charge in [0.1, 0.15) is 4.88 Å². The topological polar surface area (TPSA) is 49.3 Å². The summed E-state index contributed by atoms with van der Waals surface area (Å²) < 4.78 is 0.180. The van der Waals surface area contributed by atoms with Crippen LogP contribution in [0.4, 0.5) is 0 Å². The van der Waals surface area contributed by atoms with Crippen LogP contribution in [0.3, 0.4) is 0 Å². The summed E-state index contributed by atoms with van der Waals surface area (Å²) in [5.41, 5.74) is 0.870. The molecule has 0 unspecified atom stereocenters. The van der Waals surface area contributed by atoms with Gasteiger partial charge in [0.15, 0.2) is 0 Å². The van der Waals surface area contributed by atoms with Gasteiger partial charge in [0.25, 0.3) is 0 Å². The van der Waals surface area contributed by atoms with Crippen LogP contribution in [-0.4, -0.2) is 28.6 Å². The van der Waals surface area contributed by atoms with Crippen LogP contribution in [0.1, 0.15) is 29.1 Å². The second-order valence-corrected chi connectivity index (χ2v) is 6.58. The quantitative estimate of drug-likeness (QED) is 0.824. The number of rotatable bonds is 6. The zero-order valence-corrected chi connectivity index (χ0v) is 11.4. The van der Waals surface area contributed by atoms with Gasteiger partial charge in [0.05, 0.1) is 0 Å². The molecule has 0 saturated heterocycles. The Balaban J connectivity index is 2.49. The number of carbonyl (C=O) groups is 1. The van der Waals surface area contributed by atoms with Gasteiger partial charge in [-0.3, -0.25) is 0 Å². The third-order valence-electron chi connectivity index (χ3n) is 2.36. The van der Waals surface area contributed by atoms with Gasteiger partial charge in [-0.15, -0.1) is 11.3 Å². The van der Waals surface area contributed by atoms with Crippen molar-refractivity contribution in [3.05, 3.63) is 21.9 Å². The van der Waals surface area contributed by atoms with Crippen LogP contribution in [0.25, 0.3) is 0 Å². The highest BCUT2D eigenvalue weighted by molar-refractivity contribution is 7.99. The highest BCUT2D eigenvalue weighted by Crippen LogP contribution is 2.20. The summed E-state index contributed by atoms with van der Waals surface area (Å²) in [6.07, 6.45) is 2.08. The fourth-order valence-electron chi connectivity index (χ4n) is 1.23. The second kappa shape index (κ2) is 5.70. The minimum absolute atomic E-state index is 0.180. The Morgan fingerprint density at radius 2 is 2.31 bits per heavy atom. The van der Waals surface area contributed by atoms with Crippen LogP contribution in [-0.2, 0) is 6.54 Å². The standard InChI is InChI=1S/C11H17NO2S2/c1-11(2,15-3)7-12-6-8-4-5-16-9(8)10(13)14/h4-5,12H,6-7H2,1-3H3,(H,13,14). The van der Waals surface area contributed by atoms with Crippen molar-refractivity contribution in [2.75, 3.05) is 12.8 Å². The van der Waals surface area contributed by atoms with Gasteiger partial charge in [-0.2, -0.15) is 11.8 Å². The molecule has 2 N–H and O–H groups in total. The van der Waals surface area contributed by atoms with Crippen LogP contribution < -0.4 is 5.32 Å². The Morgan fingerprint density at radius 3 is 2.88 bits per heavy atom. The van der Waals surface area contributed by atoms with Gasteiger partial charge >= 0.3 is 5.97 Å². The smallest absolute Gasteiger partial charge is 0.346 e. The van der Waals surface area contributed by atoms with Crippen LogP contribution in [0, 0.1) is 0 Å². The van der Waals surface area contributed by atoms with E-state index in [2.05, 4.69) is 25.4 Å². The molecule has 0 bridgehead atoms. The van der Waals surface area contributed by atoms with E-state index < -0.39 is 5.97 Å². The summed E-state index contributed by atoms with van der Waals surface area (Å²) in [7, 11) is 0. The minimum atomic E-state index is -0.837. The van der Waals surface area contributed by atoms with Crippen LogP contribution in [0.15, 0.2) is 11.4 Å². The Hall–Kier alpha value is -0.520. The lowest BCUT2D eigenvalue weighted by Crippen LogP contribution is -2.31. The van der Waals surface area contributed by atoms with Crippen molar-refractivity contribution >= 4 is 29.1 Å². The maximum absolute atomic E-state index is 10.9. The maximum Gasteiger partial charge on any atom is 0.346 e. The van der Waals surface area contributed by atoms with Gasteiger partial charge in [0.2, 0.25) is 0 Å². The third-order valence-corrected chi connectivity index (χ3v) is 4.55. The Labute approximate surface area is 104 Å². The van der Waals surface area contributed by atoms with Crippen molar-refractivity contribution in [2.45, 2.75) is 25.1 Å². The van der Waals surface area contributed by atoms with E-state index in [0.717, 1.165) is 12.1 Å². The van der Waals surface area contributed by atoms with E-state index in [1.54, 1.807) is 11.8 Å². The van der Waals surface area contributed by atoms with Gasteiger partial charge in [-0.05, 0) is 37.1 Å². The molecule has 90 valence electrons. The normalized spacial score (nSPS) is 11.7. The number of nitrogens with one attached hydrogen (secondary N) is 1. The van der Waals surface area contributed by atoms with Crippen LogP contribution >= 0.6 is 23.1 Å². The molecule has 0 amide bonds. The molecule has 0 aliphatic heterocycles. The molecule has 0 spiro atoms. The van der Waals surface area contributed by atoms with Gasteiger partial charge in [-0.25, -0.2) is 4.79 Å². The molecule has 0 aromatic carbocycles. The van der Waals surface area contributed by atoms with E-state index in [9.17, 15) is 4.79 Å². The number of carboxylic acids is 1. The van der Waals surface area contributed by atoms with Gasteiger partial charge in [0, 0.05) is 17.8 Å². The summed E-state index contributed by atoms with van der Waals surface area (Å²) >= 11 is 3.08. The van der Waals surface area contributed by atoms with E-state index in [1.807, 2.05) is 11.4 Å². The molecule has 1 aromatic heterocycles. The average Bonchev–Trinajstić information content (AvgIpc) is 2.66. The Morgan fingerprint density at radius 1 is 1.62 bits per heavy atom. The fourth-order valence-corrected chi connectivity index (χ4v) is 2.24. The summed E-state index contributed by atoms with van der Waals surface area (Å²) in [5.74, 6) is -0.837. The van der Waals surface area contributed by atoms with Crippen molar-refractivity contribution in [3.63, 3.8) is 0 Å². The number of thiophene rings is 1. The first-order chi connectivity index (χ1) is 7.46. The SMILES string of the molecule is CSC(C)(C)CNCc1ccsc1C(=O)O. The molecule has 1 aromatic rings. The zero-order chi connectivity index (χ0) is 12.2. The molecule has 0 aliphatic rings. The molecular weight excluding hydrogens is 242 g/mol. The number of hydrogen-bond donors (Lipinski definition) is 2. The number of thioether (sulfide) groups is 1. The molecule has 0 aliphatic carbocycles. The summed E-state index contributed by atoms with van der Waals surface area (Å²) in [4.78, 5) is 11.3. The first kappa shape index (κ1) is 13.5. The first-order valence-electron chi connectivity index (χ1n) is 5.02. The van der Waals surface area contributed by atoms with E-state index in [4.69, 9.17) is 5.11 Å². The summed E-state index contributed by atoms with van der Waals surface area (Å²) in [5, 5.41) is 14.1. The highest BCUT2D eigenvalue weighted by atomic mass is 32.2. The summed E-state index contributed by atoms with van der Waals surface area (Å²) in [6.45, 7) is 5.81. The molecular formula is C11H17NO2S2. The van der Waals surface area contributed by atoms with Crippen molar-refractivity contribution in [2.24, 2.45) is 0 Å². The zero-order valence-electron chi connectivity index (χ0n) is 9.74. The number of hydrogen-bond acceptors (Lipinski definition) is 4. The molecule has 0 radical (unpaired) electrons. The van der Waals surface area contributed by atoms with E-state index in [-0.39, 0.29) is 4.75 Å². The van der Waals surface area contributed by atoms with Crippen LogP contribution in [0.5, 0.6) is 0 Å². The highest BCUT2D eigenvalue weighted by Gasteiger charge is 2.16. The third kappa shape index (κ3) is 3.81. The van der Waals surface area contributed by atoms with Gasteiger partial charge in [-0.1, -0.05) is 0 Å². The molecule has 1 heterocycles. The fraction of sp³-hybridized carbons (Fsp3) is 0.545. The summed E-state index contributed by atoms with van der Waals surface area (Å²) in [6, 6.07) is 1.87. The number of carboxylic acid groups (broad SMARTS) is 1. The van der Waals surface area contributed by atoms with E-state index in [1.165, 1.54) is 11.3 Å². The lowest BCUT2D eigenvalue weighted by molar-refractivity contribution is 0.0701. The Kier molecular flexibility index (Phi) is 4.83.